The fraction of sp³-hybridized carbons (Fsp3) is 0.0500. The van der Waals surface area contributed by atoms with Gasteiger partial charge in [-0.2, -0.15) is 0 Å². The van der Waals surface area contributed by atoms with E-state index in [1.54, 1.807) is 18.2 Å². The van der Waals surface area contributed by atoms with Gasteiger partial charge in [-0.15, -0.1) is 12.6 Å². The van der Waals surface area contributed by atoms with Crippen molar-refractivity contribution in [1.82, 2.24) is 0 Å². The summed E-state index contributed by atoms with van der Waals surface area (Å²) in [7, 11) is 0. The molecule has 2 aliphatic heterocycles. The second-order valence-corrected chi connectivity index (χ2v) is 6.72. The van der Waals surface area contributed by atoms with Crippen molar-refractivity contribution in [2.45, 2.75) is 10.5 Å². The number of aromatic hydroxyl groups is 2. The molecule has 0 saturated heterocycles. The molecule has 6 heteroatoms. The molecule has 3 aromatic rings. The van der Waals surface area contributed by atoms with Gasteiger partial charge < -0.3 is 19.7 Å². The van der Waals surface area contributed by atoms with E-state index in [9.17, 15) is 15.0 Å². The lowest BCUT2D eigenvalue weighted by atomic mass is 9.77. The monoisotopic (exact) mass is 364 g/mol. The molecule has 26 heavy (non-hydrogen) atoms. The van der Waals surface area contributed by atoms with Crippen molar-refractivity contribution in [3.05, 3.63) is 76.9 Å². The van der Waals surface area contributed by atoms with E-state index in [-0.39, 0.29) is 11.5 Å². The van der Waals surface area contributed by atoms with Gasteiger partial charge in [0.2, 0.25) is 0 Å². The average Bonchev–Trinajstić information content (AvgIpc) is 2.88. The van der Waals surface area contributed by atoms with Gasteiger partial charge in [-0.3, -0.25) is 0 Å². The lowest BCUT2D eigenvalue weighted by Gasteiger charge is -2.37. The molecule has 2 N–H and O–H groups in total. The lowest BCUT2D eigenvalue weighted by Crippen LogP contribution is -2.33. The molecule has 1 unspecified atom stereocenters. The molecule has 0 bridgehead atoms. The summed E-state index contributed by atoms with van der Waals surface area (Å²) >= 11 is 4.51. The van der Waals surface area contributed by atoms with Gasteiger partial charge in [-0.1, -0.05) is 18.2 Å². The van der Waals surface area contributed by atoms with Crippen LogP contribution in [0.5, 0.6) is 23.0 Å². The van der Waals surface area contributed by atoms with Crippen molar-refractivity contribution in [3.8, 4) is 23.0 Å². The van der Waals surface area contributed by atoms with E-state index < -0.39 is 11.6 Å². The summed E-state index contributed by atoms with van der Waals surface area (Å²) in [6.45, 7) is 0. The second kappa shape index (κ2) is 4.95. The minimum absolute atomic E-state index is 0.0196. The molecule has 128 valence electrons. The quantitative estimate of drug-likeness (QED) is 0.416. The van der Waals surface area contributed by atoms with E-state index in [1.807, 2.05) is 12.1 Å². The molecule has 3 aromatic carbocycles. The summed E-state index contributed by atoms with van der Waals surface area (Å²) in [6.07, 6.45) is 0. The Morgan fingerprint density at radius 2 is 1.65 bits per heavy atom. The fourth-order valence-electron chi connectivity index (χ4n) is 3.76. The Morgan fingerprint density at radius 3 is 2.50 bits per heavy atom. The zero-order valence-corrected chi connectivity index (χ0v) is 14.2. The van der Waals surface area contributed by atoms with Gasteiger partial charge in [0.15, 0.2) is 5.60 Å². The van der Waals surface area contributed by atoms with Gasteiger partial charge in [0.1, 0.15) is 23.0 Å². The van der Waals surface area contributed by atoms with Crippen LogP contribution in [0.1, 0.15) is 27.0 Å². The third-order valence-electron chi connectivity index (χ3n) is 4.75. The molecule has 2 aliphatic rings. The first-order valence-corrected chi connectivity index (χ1v) is 8.36. The first-order valence-electron chi connectivity index (χ1n) is 7.91. The maximum Gasteiger partial charge on any atom is 0.340 e. The summed E-state index contributed by atoms with van der Waals surface area (Å²) in [5.74, 6) is 0.211. The van der Waals surface area contributed by atoms with Crippen LogP contribution in [0, 0.1) is 0 Å². The summed E-state index contributed by atoms with van der Waals surface area (Å²) in [5.41, 5.74) is 0.995. The third kappa shape index (κ3) is 1.79. The fourth-order valence-corrected chi connectivity index (χ4v) is 4.16. The highest BCUT2D eigenvalue weighted by molar-refractivity contribution is 7.80. The maximum absolute atomic E-state index is 12.6. The standard InChI is InChI=1S/C20H12O5S/c21-10-5-6-14-15(7-10)24-16-8-11(22)9-17(26)18(16)20(14)13-4-2-1-3-12(13)19(23)25-20/h1-9,21-22,26H. The highest BCUT2D eigenvalue weighted by Gasteiger charge is 2.54. The van der Waals surface area contributed by atoms with Crippen LogP contribution in [-0.4, -0.2) is 16.2 Å². The van der Waals surface area contributed by atoms with Gasteiger partial charge in [0.25, 0.3) is 0 Å². The molecule has 0 aromatic heterocycles. The Bertz CT molecular complexity index is 1110. The Hall–Kier alpha value is -3.12. The zero-order valence-electron chi connectivity index (χ0n) is 13.3. The number of thiol groups is 1. The van der Waals surface area contributed by atoms with Crippen LogP contribution in [0.4, 0.5) is 0 Å². The van der Waals surface area contributed by atoms with Gasteiger partial charge in [-0.05, 0) is 24.3 Å². The molecule has 1 spiro atoms. The van der Waals surface area contributed by atoms with Crippen LogP contribution in [0.25, 0.3) is 0 Å². The summed E-state index contributed by atoms with van der Waals surface area (Å²) in [6, 6.07) is 14.7. The van der Waals surface area contributed by atoms with E-state index in [2.05, 4.69) is 12.6 Å². The molecule has 2 heterocycles. The third-order valence-corrected chi connectivity index (χ3v) is 5.11. The van der Waals surface area contributed by atoms with Crippen molar-refractivity contribution < 1.29 is 24.5 Å². The van der Waals surface area contributed by atoms with Crippen LogP contribution in [-0.2, 0) is 10.3 Å². The predicted octanol–water partition coefficient (Wildman–Crippen LogP) is 3.95. The van der Waals surface area contributed by atoms with Crippen LogP contribution in [0.3, 0.4) is 0 Å². The smallest absolute Gasteiger partial charge is 0.340 e. The van der Waals surface area contributed by atoms with E-state index in [4.69, 9.17) is 9.47 Å². The van der Waals surface area contributed by atoms with Crippen molar-refractivity contribution in [3.63, 3.8) is 0 Å². The number of benzene rings is 3. The number of phenolic OH excluding ortho intramolecular Hbond substituents is 2. The summed E-state index contributed by atoms with van der Waals surface area (Å²) < 4.78 is 11.8. The predicted molar refractivity (Wildman–Crippen MR) is 95.3 cm³/mol. The first-order chi connectivity index (χ1) is 12.5. The van der Waals surface area contributed by atoms with Crippen LogP contribution >= 0.6 is 12.6 Å². The summed E-state index contributed by atoms with van der Waals surface area (Å²) in [4.78, 5) is 13.1. The Labute approximate surface area is 153 Å². The number of fused-ring (bicyclic) bond motifs is 6. The Kier molecular flexibility index (Phi) is 2.89. The minimum Gasteiger partial charge on any atom is -0.508 e. The van der Waals surface area contributed by atoms with Crippen molar-refractivity contribution in [2.75, 3.05) is 0 Å². The number of carbonyl (C=O) groups excluding carboxylic acids is 1. The lowest BCUT2D eigenvalue weighted by molar-refractivity contribution is 0.0215. The van der Waals surface area contributed by atoms with E-state index in [0.29, 0.717) is 38.6 Å². The zero-order chi connectivity index (χ0) is 18.1. The number of rotatable bonds is 0. The van der Waals surface area contributed by atoms with E-state index >= 15 is 0 Å². The SMILES string of the molecule is O=C1OC2(c3ccc(O)cc3Oc3cc(O)cc(S)c32)c2ccccc21. The second-order valence-electron chi connectivity index (χ2n) is 6.24. The molecule has 5 nitrogen and oxygen atoms in total. The molecule has 0 fully saturated rings. The van der Waals surface area contributed by atoms with Gasteiger partial charge in [0.05, 0.1) is 11.1 Å². The van der Waals surface area contributed by atoms with Crippen LogP contribution in [0.2, 0.25) is 0 Å². The number of ether oxygens (including phenoxy) is 2. The van der Waals surface area contributed by atoms with Crippen LogP contribution < -0.4 is 4.74 Å². The average molecular weight is 364 g/mol. The summed E-state index contributed by atoms with van der Waals surface area (Å²) in [5, 5.41) is 19.8. The van der Waals surface area contributed by atoms with E-state index in [0.717, 1.165) is 0 Å². The number of hydrogen-bond acceptors (Lipinski definition) is 6. The molecule has 5 rings (SSSR count). The van der Waals surface area contributed by atoms with Gasteiger partial charge in [-0.25, -0.2) is 4.79 Å². The van der Waals surface area contributed by atoms with E-state index in [1.165, 1.54) is 24.3 Å². The largest absolute Gasteiger partial charge is 0.508 e. The number of carbonyl (C=O) groups is 1. The Balaban J connectivity index is 1.94. The maximum atomic E-state index is 12.6. The Morgan fingerprint density at radius 1 is 0.885 bits per heavy atom. The molecular weight excluding hydrogens is 352 g/mol. The van der Waals surface area contributed by atoms with Gasteiger partial charge >= 0.3 is 5.97 Å². The molecule has 0 saturated carbocycles. The van der Waals surface area contributed by atoms with Crippen molar-refractivity contribution in [2.24, 2.45) is 0 Å². The highest BCUT2D eigenvalue weighted by Crippen LogP contribution is 2.58. The van der Waals surface area contributed by atoms with Crippen LogP contribution in [0.15, 0.2) is 59.5 Å². The highest BCUT2D eigenvalue weighted by atomic mass is 32.1. The normalized spacial score (nSPS) is 19.3. The molecule has 1 atom stereocenters. The number of phenols is 2. The molecular formula is C20H12O5S. The number of hydrogen-bond donors (Lipinski definition) is 3. The topological polar surface area (TPSA) is 76.0 Å². The van der Waals surface area contributed by atoms with Crippen molar-refractivity contribution >= 4 is 18.6 Å². The first kappa shape index (κ1) is 15.2. The number of esters is 1. The molecule has 0 amide bonds. The minimum atomic E-state index is -1.25. The van der Waals surface area contributed by atoms with Crippen molar-refractivity contribution in [1.29, 1.82) is 0 Å². The van der Waals surface area contributed by atoms with Gasteiger partial charge in [0, 0.05) is 28.2 Å². The molecule has 0 radical (unpaired) electrons. The molecule has 0 aliphatic carbocycles.